The molecule has 0 aromatic carbocycles. The average molecular weight is 300 g/mol. The van der Waals surface area contributed by atoms with Crippen LogP contribution in [0.1, 0.15) is 46.1 Å². The van der Waals surface area contributed by atoms with Gasteiger partial charge in [-0.1, -0.05) is 6.07 Å². The quantitative estimate of drug-likeness (QED) is 0.525. The Kier molecular flexibility index (Phi) is 4.64. The fourth-order valence-electron chi connectivity index (χ4n) is 3.46. The fraction of sp³-hybridized carbons (Fsp3) is 0.588. The maximum atomic E-state index is 10.4. The van der Waals surface area contributed by atoms with Gasteiger partial charge in [0.25, 0.3) is 0 Å². The maximum absolute atomic E-state index is 10.4. The van der Waals surface area contributed by atoms with Crippen LogP contribution in [0.5, 0.6) is 0 Å². The lowest BCUT2D eigenvalue weighted by molar-refractivity contribution is -0.196. The zero-order valence-corrected chi connectivity index (χ0v) is 13.7. The minimum absolute atomic E-state index is 0.254. The van der Waals surface area contributed by atoms with E-state index in [0.29, 0.717) is 12.8 Å². The summed E-state index contributed by atoms with van der Waals surface area (Å²) < 4.78 is 0. The number of aromatic nitrogens is 1. The number of hydrogen-bond donors (Lipinski definition) is 1. The first-order valence-electron chi connectivity index (χ1n) is 7.57. The van der Waals surface area contributed by atoms with Crippen molar-refractivity contribution in [3.63, 3.8) is 0 Å². The third-order valence-electron chi connectivity index (χ3n) is 4.67. The molecule has 1 aromatic rings. The van der Waals surface area contributed by atoms with E-state index >= 15 is 0 Å². The van der Waals surface area contributed by atoms with Crippen LogP contribution in [0.15, 0.2) is 29.6 Å². The number of nitrogens with zero attached hydrogens (tertiary/aromatic N) is 4. The minimum Gasteiger partial charge on any atom is -0.313 e. The third kappa shape index (κ3) is 3.34. The Morgan fingerprint density at radius 2 is 2.23 bits per heavy atom. The molecule has 1 aromatic heterocycles. The molecular formula is C17H24N4O. The van der Waals surface area contributed by atoms with Gasteiger partial charge in [-0.3, -0.25) is 4.98 Å². The van der Waals surface area contributed by atoms with Crippen LogP contribution >= 0.6 is 0 Å². The van der Waals surface area contributed by atoms with Crippen molar-refractivity contribution in [3.05, 3.63) is 41.6 Å². The molecule has 2 heterocycles. The molecule has 1 saturated heterocycles. The topological polar surface area (TPSA) is 53.1 Å². The summed E-state index contributed by atoms with van der Waals surface area (Å²) in [7, 11) is 0. The summed E-state index contributed by atoms with van der Waals surface area (Å²) in [6, 6.07) is 3.89. The molecule has 118 valence electrons. The van der Waals surface area contributed by atoms with Crippen LogP contribution in [-0.2, 0) is 6.42 Å². The van der Waals surface area contributed by atoms with E-state index in [2.05, 4.69) is 15.0 Å². The van der Waals surface area contributed by atoms with Crippen molar-refractivity contribution in [1.29, 1.82) is 0 Å². The highest BCUT2D eigenvalue weighted by Gasteiger charge is 2.51. The van der Waals surface area contributed by atoms with Crippen molar-refractivity contribution in [3.8, 4) is 0 Å². The van der Waals surface area contributed by atoms with Crippen molar-refractivity contribution in [2.45, 2.75) is 58.0 Å². The van der Waals surface area contributed by atoms with Crippen LogP contribution in [0.3, 0.4) is 0 Å². The van der Waals surface area contributed by atoms with Gasteiger partial charge in [0.2, 0.25) is 0 Å². The Morgan fingerprint density at radius 3 is 2.73 bits per heavy atom. The Hall–Kier alpha value is -1.77. The van der Waals surface area contributed by atoms with Gasteiger partial charge < -0.3 is 5.21 Å². The predicted molar refractivity (Wildman–Crippen MR) is 86.5 cm³/mol. The number of pyridine rings is 1. The molecule has 0 bridgehead atoms. The Morgan fingerprint density at radius 1 is 1.50 bits per heavy atom. The van der Waals surface area contributed by atoms with Gasteiger partial charge >= 0.3 is 0 Å². The molecule has 0 aliphatic carbocycles. The number of rotatable bonds is 4. The van der Waals surface area contributed by atoms with Crippen LogP contribution in [0.4, 0.5) is 0 Å². The van der Waals surface area contributed by atoms with E-state index in [-0.39, 0.29) is 17.0 Å². The van der Waals surface area contributed by atoms with Crippen molar-refractivity contribution in [2.75, 3.05) is 0 Å². The summed E-state index contributed by atoms with van der Waals surface area (Å²) in [4.78, 5) is 7.33. The lowest BCUT2D eigenvalue weighted by Crippen LogP contribution is -2.47. The molecule has 0 amide bonds. The zero-order valence-electron chi connectivity index (χ0n) is 13.7. The van der Waals surface area contributed by atoms with Crippen LogP contribution in [0, 0.1) is 12.5 Å². The molecule has 0 radical (unpaired) electrons. The highest BCUT2D eigenvalue weighted by atomic mass is 16.5. The first kappa shape index (κ1) is 16.6. The lowest BCUT2D eigenvalue weighted by atomic mass is 9.82. The van der Waals surface area contributed by atoms with Crippen LogP contribution in [-0.4, -0.2) is 32.0 Å². The average Bonchev–Trinajstić information content (AvgIpc) is 2.60. The van der Waals surface area contributed by atoms with E-state index in [0.717, 1.165) is 17.7 Å². The highest BCUT2D eigenvalue weighted by Crippen LogP contribution is 2.45. The van der Waals surface area contributed by atoms with Crippen molar-refractivity contribution in [1.82, 2.24) is 10.0 Å². The Balaban J connectivity index is 2.16. The molecule has 1 aliphatic rings. The fourth-order valence-corrected chi connectivity index (χ4v) is 3.46. The molecule has 1 aliphatic heterocycles. The normalized spacial score (nSPS) is 24.2. The van der Waals surface area contributed by atoms with Crippen LogP contribution in [0.2, 0.25) is 0 Å². The largest absolute Gasteiger partial charge is 0.313 e. The van der Waals surface area contributed by atoms with E-state index < -0.39 is 0 Å². The second kappa shape index (κ2) is 6.15. The Labute approximate surface area is 132 Å². The second-order valence-corrected chi connectivity index (χ2v) is 7.19. The minimum atomic E-state index is -0.332. The predicted octanol–water partition coefficient (Wildman–Crippen LogP) is 3.56. The lowest BCUT2D eigenvalue weighted by Gasteiger charge is -2.36. The molecule has 5 nitrogen and oxygen atoms in total. The molecule has 5 heteroatoms. The number of hydrogen-bond acceptors (Lipinski definition) is 4. The monoisotopic (exact) mass is 300 g/mol. The van der Waals surface area contributed by atoms with Gasteiger partial charge in [0.15, 0.2) is 0 Å². The van der Waals surface area contributed by atoms with E-state index in [4.69, 9.17) is 6.57 Å². The van der Waals surface area contributed by atoms with Crippen LogP contribution < -0.4 is 0 Å². The second-order valence-electron chi connectivity index (χ2n) is 7.19. The van der Waals surface area contributed by atoms with Crippen molar-refractivity contribution < 1.29 is 5.21 Å². The van der Waals surface area contributed by atoms with Gasteiger partial charge in [-0.2, -0.15) is 11.6 Å². The van der Waals surface area contributed by atoms with Gasteiger partial charge in [0, 0.05) is 29.9 Å². The van der Waals surface area contributed by atoms with Gasteiger partial charge in [-0.15, -0.1) is 4.95 Å². The molecule has 22 heavy (non-hydrogen) atoms. The summed E-state index contributed by atoms with van der Waals surface area (Å²) >= 11 is 0. The molecule has 1 N–H and O–H groups in total. The van der Waals surface area contributed by atoms with Gasteiger partial charge in [-0.25, -0.2) is 0 Å². The van der Waals surface area contributed by atoms with Gasteiger partial charge in [-0.05, 0) is 58.1 Å². The zero-order chi connectivity index (χ0) is 16.4. The van der Waals surface area contributed by atoms with Gasteiger partial charge in [0.1, 0.15) is 5.71 Å². The van der Waals surface area contributed by atoms with Crippen molar-refractivity contribution >= 4 is 5.71 Å². The third-order valence-corrected chi connectivity index (χ3v) is 4.67. The molecule has 0 spiro atoms. The van der Waals surface area contributed by atoms with Crippen molar-refractivity contribution in [2.24, 2.45) is 11.0 Å². The molecular weight excluding hydrogens is 276 g/mol. The smallest absolute Gasteiger partial charge is 0.105 e. The van der Waals surface area contributed by atoms with E-state index in [1.807, 2.05) is 46.0 Å². The first-order chi connectivity index (χ1) is 10.3. The maximum Gasteiger partial charge on any atom is 0.105 e. The Bertz CT molecular complexity index is 586. The highest BCUT2D eigenvalue weighted by molar-refractivity contribution is 5.87. The molecule has 1 fully saturated rings. The SMILES string of the molecule is [C-]#[N+]/N=C(\Cc1cccnc1)CC1CC(C)(C)N(O)C1(C)C. The molecule has 1 atom stereocenters. The standard InChI is InChI=1S/C17H24N4O/c1-16(2)11-14(17(3,4)21(16)22)10-15(20-18-5)9-13-7-6-8-19-12-13/h6-8,12,14,22H,9-11H2,1-4H3/b20-15+. The number of hydroxylamine groups is 2. The summed E-state index contributed by atoms with van der Waals surface area (Å²) in [5.41, 5.74) is 1.32. The molecule has 1 unspecified atom stereocenters. The van der Waals surface area contributed by atoms with Gasteiger partial charge in [0.05, 0.1) is 5.10 Å². The van der Waals surface area contributed by atoms with E-state index in [1.54, 1.807) is 6.20 Å². The summed E-state index contributed by atoms with van der Waals surface area (Å²) in [5.74, 6) is 0.254. The van der Waals surface area contributed by atoms with Crippen LogP contribution in [0.25, 0.3) is 4.95 Å². The summed E-state index contributed by atoms with van der Waals surface area (Å²) in [6.45, 7) is 15.2. The van der Waals surface area contributed by atoms with E-state index in [1.165, 1.54) is 5.06 Å². The summed E-state index contributed by atoms with van der Waals surface area (Å²) in [6.07, 6.45) is 5.77. The first-order valence-corrected chi connectivity index (χ1v) is 7.57. The molecule has 0 saturated carbocycles. The summed E-state index contributed by atoms with van der Waals surface area (Å²) in [5, 5.41) is 15.9. The van der Waals surface area contributed by atoms with E-state index in [9.17, 15) is 5.21 Å². The molecule has 2 rings (SSSR count).